The summed E-state index contributed by atoms with van der Waals surface area (Å²) in [5, 5.41) is 25.6. The average Bonchev–Trinajstić information content (AvgIpc) is 3.10. The molecule has 0 heterocycles. The van der Waals surface area contributed by atoms with Gasteiger partial charge in [0, 0.05) is 45.1 Å². The summed E-state index contributed by atoms with van der Waals surface area (Å²) in [4.78, 5) is 10.2. The maximum Gasteiger partial charge on any atom is 0.323 e. The van der Waals surface area contributed by atoms with Crippen LogP contribution in [0.3, 0.4) is 0 Å². The van der Waals surface area contributed by atoms with Crippen LogP contribution in [0, 0.1) is 0 Å². The summed E-state index contributed by atoms with van der Waals surface area (Å²) in [7, 11) is -19.0. The largest absolute Gasteiger partial charge is 0.507 e. The molecule has 0 unspecified atom stereocenters. The van der Waals surface area contributed by atoms with Crippen molar-refractivity contribution in [2.75, 3.05) is 20.1 Å². The van der Waals surface area contributed by atoms with E-state index in [9.17, 15) is 57.8 Å². The first kappa shape index (κ1) is 37.8. The molecule has 0 saturated heterocycles. The Morgan fingerprint density at radius 1 is 0.463 bits per heavy atom. The molecule has 0 spiro atoms. The van der Waals surface area contributed by atoms with E-state index in [2.05, 4.69) is 20.1 Å². The molecule has 0 bridgehead atoms. The van der Waals surface area contributed by atoms with Crippen molar-refractivity contribution in [2.24, 2.45) is 0 Å². The number of hydrogen-bond donors (Lipinski definition) is 8. The third kappa shape index (κ3) is 7.71. The van der Waals surface area contributed by atoms with E-state index in [0.29, 0.717) is 12.1 Å². The molecule has 0 aliphatic heterocycles. The fourth-order valence-electron chi connectivity index (χ4n) is 5.39. The van der Waals surface area contributed by atoms with Crippen LogP contribution in [0.1, 0.15) is 0 Å². The summed E-state index contributed by atoms with van der Waals surface area (Å²) < 4.78 is 125. The molecule has 8 N–H and O–H groups in total. The predicted octanol–water partition coefficient (Wildman–Crippen LogP) is 5.14. The van der Waals surface area contributed by atoms with E-state index < -0.39 is 79.0 Å². The highest BCUT2D eigenvalue weighted by Gasteiger charge is 2.27. The number of benzene rings is 6. The van der Waals surface area contributed by atoms with Crippen LogP contribution in [0.15, 0.2) is 129 Å². The third-order valence-electron chi connectivity index (χ3n) is 7.85. The van der Waals surface area contributed by atoms with Gasteiger partial charge < -0.3 is 20.8 Å². The summed E-state index contributed by atoms with van der Waals surface area (Å²) in [6, 6.07) is 21.4. The van der Waals surface area contributed by atoms with Crippen LogP contribution in [-0.4, -0.2) is 59.0 Å². The zero-order chi connectivity index (χ0) is 39.2. The monoisotopic (exact) mass is 814 g/mol. The molecule has 21 heteroatoms. The minimum absolute atomic E-state index is 0.0113. The van der Waals surface area contributed by atoms with E-state index in [1.165, 1.54) is 72.8 Å². The number of phenolic OH excluding ortho intramolecular Hbond substituents is 2. The number of carbonyl (C=O) groups excluding carboxylic acids is 1. The van der Waals surface area contributed by atoms with Crippen LogP contribution >= 0.6 is 0 Å². The lowest BCUT2D eigenvalue weighted by Crippen LogP contribution is -2.20. The Labute approximate surface area is 307 Å². The number of rotatable bonds is 10. The van der Waals surface area contributed by atoms with Gasteiger partial charge in [-0.3, -0.25) is 18.5 Å². The van der Waals surface area contributed by atoms with Gasteiger partial charge in [-0.05, 0) is 48.5 Å². The molecule has 0 radical (unpaired) electrons. The van der Waals surface area contributed by atoms with Crippen molar-refractivity contribution in [1.29, 1.82) is 0 Å². The van der Waals surface area contributed by atoms with Gasteiger partial charge >= 0.3 is 6.03 Å². The smallest absolute Gasteiger partial charge is 0.323 e. The number of amides is 2. The van der Waals surface area contributed by atoms with Crippen LogP contribution < -0.4 is 20.1 Å². The van der Waals surface area contributed by atoms with Crippen LogP contribution in [0.2, 0.25) is 0 Å². The number of sulfonamides is 2. The molecule has 6 rings (SSSR count). The van der Waals surface area contributed by atoms with E-state index >= 15 is 0 Å². The van der Waals surface area contributed by atoms with Gasteiger partial charge in [-0.2, -0.15) is 16.8 Å². The second-order valence-electron chi connectivity index (χ2n) is 11.4. The number of urea groups is 1. The van der Waals surface area contributed by atoms with Gasteiger partial charge in [0.15, 0.2) is 0 Å². The van der Waals surface area contributed by atoms with Gasteiger partial charge in [-0.15, -0.1) is 0 Å². The molecule has 2 amide bonds. The number of nitrogens with one attached hydrogen (secondary N) is 4. The first-order valence-electron chi connectivity index (χ1n) is 15.0. The molecule has 0 aliphatic carbocycles. The second kappa shape index (κ2) is 13.8. The van der Waals surface area contributed by atoms with Crippen LogP contribution in [0.4, 0.5) is 27.5 Å². The zero-order valence-corrected chi connectivity index (χ0v) is 30.3. The third-order valence-corrected chi connectivity index (χ3v) is 12.3. The van der Waals surface area contributed by atoms with Crippen LogP contribution in [0.25, 0.3) is 21.5 Å². The van der Waals surface area contributed by atoms with Crippen LogP contribution in [-0.2, 0) is 40.3 Å². The van der Waals surface area contributed by atoms with Crippen molar-refractivity contribution < 1.29 is 57.8 Å². The van der Waals surface area contributed by atoms with Crippen molar-refractivity contribution in [3.63, 3.8) is 0 Å². The van der Waals surface area contributed by atoms with Crippen LogP contribution in [0.5, 0.6) is 11.5 Å². The number of hydrogen-bond acceptors (Lipinski definition) is 11. The number of carbonyl (C=O) groups is 1. The van der Waals surface area contributed by atoms with Gasteiger partial charge in [-0.1, -0.05) is 48.5 Å². The molecule has 0 fully saturated rings. The lowest BCUT2D eigenvalue weighted by Gasteiger charge is -2.16. The number of anilines is 4. The Bertz CT molecular complexity index is 2740. The van der Waals surface area contributed by atoms with Gasteiger partial charge in [-0.25, -0.2) is 21.6 Å². The minimum Gasteiger partial charge on any atom is -0.507 e. The summed E-state index contributed by atoms with van der Waals surface area (Å²) in [5.74, 6) is -1.02. The quantitative estimate of drug-likeness (QED) is 0.0657. The number of phenols is 2. The summed E-state index contributed by atoms with van der Waals surface area (Å²) in [5.41, 5.74) is -0.781. The number of aromatic hydroxyl groups is 2. The Balaban J connectivity index is 1.16. The maximum atomic E-state index is 13.3. The van der Waals surface area contributed by atoms with Gasteiger partial charge in [0.2, 0.25) is 0 Å². The lowest BCUT2D eigenvalue weighted by atomic mass is 10.1. The van der Waals surface area contributed by atoms with Crippen molar-refractivity contribution in [3.05, 3.63) is 109 Å². The molecule has 6 aromatic rings. The Morgan fingerprint density at radius 2 is 0.778 bits per heavy atom. The van der Waals surface area contributed by atoms with E-state index in [1.807, 2.05) is 0 Å². The molecule has 0 aliphatic rings. The predicted molar refractivity (Wildman–Crippen MR) is 198 cm³/mol. The lowest BCUT2D eigenvalue weighted by molar-refractivity contribution is 0.262. The summed E-state index contributed by atoms with van der Waals surface area (Å²) in [6.07, 6.45) is 0. The summed E-state index contributed by atoms with van der Waals surface area (Å²) >= 11 is 0. The molecule has 54 heavy (non-hydrogen) atoms. The van der Waals surface area contributed by atoms with E-state index in [1.54, 1.807) is 0 Å². The van der Waals surface area contributed by atoms with Gasteiger partial charge in [0.1, 0.15) is 21.3 Å². The second-order valence-corrected chi connectivity index (χ2v) is 17.6. The zero-order valence-electron chi connectivity index (χ0n) is 27.0. The highest BCUT2D eigenvalue weighted by Crippen LogP contribution is 2.39. The van der Waals surface area contributed by atoms with Crippen molar-refractivity contribution in [2.45, 2.75) is 19.6 Å². The molecule has 17 nitrogen and oxygen atoms in total. The first-order valence-corrected chi connectivity index (χ1v) is 20.9. The topological polar surface area (TPSA) is 283 Å². The molecular formula is C33H26N4O13S4. The highest BCUT2D eigenvalue weighted by molar-refractivity contribution is 7.93. The fourth-order valence-corrected chi connectivity index (χ4v) is 9.08. The Kier molecular flexibility index (Phi) is 9.64. The van der Waals surface area contributed by atoms with Crippen molar-refractivity contribution in [3.8, 4) is 11.5 Å². The normalized spacial score (nSPS) is 12.3. The highest BCUT2D eigenvalue weighted by atomic mass is 32.2. The molecule has 0 saturated carbocycles. The SMILES string of the molecule is O=C(Nc1ccc(S(=O)(=O)Nc2c(S(=O)(=O)O)cc(O)c3ccccc23)cc1)Nc1ccc(S(=O)(=O)Nc2c(S(=O)(=O)O)cc(O)c3ccccc23)cc1. The summed E-state index contributed by atoms with van der Waals surface area (Å²) in [6.45, 7) is 0. The van der Waals surface area contributed by atoms with E-state index in [4.69, 9.17) is 0 Å². The molecule has 0 aromatic heterocycles. The van der Waals surface area contributed by atoms with Gasteiger partial charge in [0.25, 0.3) is 40.3 Å². The van der Waals surface area contributed by atoms with E-state index in [-0.39, 0.29) is 42.7 Å². The minimum atomic E-state index is -5.00. The average molecular weight is 815 g/mol. The fraction of sp³-hybridized carbons (Fsp3) is 0. The Hall–Kier alpha value is -5.97. The standard InChI is InChI=1S/C33H26N4O13S4/c38-27-17-29(53(45,46)47)31(25-7-3-1-5-23(25)27)36-51(41,42)21-13-9-19(10-14-21)34-33(40)35-20-11-15-22(16-12-20)52(43,44)37-32-26-8-4-2-6-24(26)28(39)18-30(32)54(48,49)50/h1-18,36-39H,(H2,34,35,40)(H,45,46,47)(H,48,49,50). The molecular weight excluding hydrogens is 789 g/mol. The number of fused-ring (bicyclic) bond motifs is 2. The molecule has 280 valence electrons. The van der Waals surface area contributed by atoms with E-state index in [0.717, 1.165) is 24.3 Å². The molecule has 6 aromatic carbocycles. The first-order chi connectivity index (χ1) is 25.2. The Morgan fingerprint density at radius 3 is 1.09 bits per heavy atom. The van der Waals surface area contributed by atoms with Crippen molar-refractivity contribution in [1.82, 2.24) is 0 Å². The van der Waals surface area contributed by atoms with Crippen molar-refractivity contribution >= 4 is 90.6 Å². The maximum absolute atomic E-state index is 13.3. The van der Waals surface area contributed by atoms with Gasteiger partial charge in [0.05, 0.1) is 21.2 Å². The molecule has 0 atom stereocenters.